The molecule has 3 aromatic rings. The molecule has 0 aliphatic heterocycles. The van der Waals surface area contributed by atoms with Gasteiger partial charge < -0.3 is 4.74 Å². The number of nitrogens with zero attached hydrogens (tertiary/aromatic N) is 5. The highest BCUT2D eigenvalue weighted by atomic mass is 79.9. The summed E-state index contributed by atoms with van der Waals surface area (Å²) in [5.41, 5.74) is 2.49. The van der Waals surface area contributed by atoms with E-state index in [9.17, 15) is 0 Å². The number of aromatic nitrogens is 4. The molecule has 0 fully saturated rings. The molecule has 2 aromatic heterocycles. The van der Waals surface area contributed by atoms with E-state index in [1.165, 1.54) is 0 Å². The summed E-state index contributed by atoms with van der Waals surface area (Å²) in [4.78, 5) is 8.15. The van der Waals surface area contributed by atoms with E-state index in [1.807, 2.05) is 30.3 Å². The van der Waals surface area contributed by atoms with Gasteiger partial charge >= 0.3 is 0 Å². The van der Waals surface area contributed by atoms with Gasteiger partial charge in [-0.2, -0.15) is 10.4 Å². The fourth-order valence-corrected chi connectivity index (χ4v) is 2.48. The lowest BCUT2D eigenvalue weighted by atomic mass is 10.2. The minimum atomic E-state index is 0.132. The fraction of sp³-hybridized carbons (Fsp3) is 0.143. The average molecular weight is 344 g/mol. The predicted octanol–water partition coefficient (Wildman–Crippen LogP) is 2.52. The lowest BCUT2D eigenvalue weighted by molar-refractivity contribution is 0.414. The quantitative estimate of drug-likeness (QED) is 0.730. The van der Waals surface area contributed by atoms with Crippen LogP contribution >= 0.6 is 15.9 Å². The molecule has 0 radical (unpaired) electrons. The second kappa shape index (κ2) is 5.50. The maximum atomic E-state index is 8.85. The summed E-state index contributed by atoms with van der Waals surface area (Å²) >= 11 is 3.37. The second-order valence-electron chi connectivity index (χ2n) is 4.34. The van der Waals surface area contributed by atoms with Crippen LogP contribution in [0.1, 0.15) is 11.4 Å². The Kier molecular flexibility index (Phi) is 3.54. The summed E-state index contributed by atoms with van der Waals surface area (Å²) < 4.78 is 7.53. The molecule has 2 heterocycles. The molecule has 0 spiro atoms. The van der Waals surface area contributed by atoms with Crippen molar-refractivity contribution in [2.24, 2.45) is 0 Å². The number of hydrogen-bond donors (Lipinski definition) is 0. The molecule has 0 bridgehead atoms. The predicted molar refractivity (Wildman–Crippen MR) is 79.8 cm³/mol. The van der Waals surface area contributed by atoms with Gasteiger partial charge in [-0.25, -0.2) is 9.97 Å². The number of ether oxygens (including phenoxy) is 1. The van der Waals surface area contributed by atoms with Crippen molar-refractivity contribution in [2.45, 2.75) is 6.54 Å². The van der Waals surface area contributed by atoms with Gasteiger partial charge in [0.1, 0.15) is 22.9 Å². The first-order chi connectivity index (χ1) is 10.2. The summed E-state index contributed by atoms with van der Waals surface area (Å²) in [7, 11) is 1.64. The minimum Gasteiger partial charge on any atom is -0.497 e. The number of nitriles is 1. The molecule has 0 aliphatic rings. The first-order valence-electron chi connectivity index (χ1n) is 6.13. The van der Waals surface area contributed by atoms with Crippen LogP contribution in [0.2, 0.25) is 0 Å². The van der Waals surface area contributed by atoms with Crippen LogP contribution in [-0.2, 0) is 6.54 Å². The van der Waals surface area contributed by atoms with Gasteiger partial charge in [0.25, 0.3) is 0 Å². The van der Waals surface area contributed by atoms with E-state index < -0.39 is 0 Å². The molecule has 7 heteroatoms. The summed E-state index contributed by atoms with van der Waals surface area (Å²) in [6.45, 7) is 0.585. The van der Waals surface area contributed by atoms with Crippen LogP contribution in [0.4, 0.5) is 0 Å². The number of fused-ring (bicyclic) bond motifs is 1. The SMILES string of the molecule is COc1ccc(Cn2nc(Br)c3nc(C#N)ncc32)cc1. The number of methoxy groups -OCH3 is 1. The van der Waals surface area contributed by atoms with Gasteiger partial charge in [0.05, 0.1) is 19.9 Å². The monoisotopic (exact) mass is 343 g/mol. The molecule has 0 saturated carbocycles. The Morgan fingerprint density at radius 1 is 1.33 bits per heavy atom. The van der Waals surface area contributed by atoms with Crippen molar-refractivity contribution < 1.29 is 4.74 Å². The van der Waals surface area contributed by atoms with Crippen molar-refractivity contribution in [3.05, 3.63) is 46.5 Å². The zero-order chi connectivity index (χ0) is 14.8. The molecule has 3 rings (SSSR count). The summed E-state index contributed by atoms with van der Waals surface area (Å²) in [6, 6.07) is 9.68. The van der Waals surface area contributed by atoms with Crippen LogP contribution < -0.4 is 4.74 Å². The van der Waals surface area contributed by atoms with Gasteiger partial charge in [0, 0.05) is 0 Å². The van der Waals surface area contributed by atoms with Crippen LogP contribution in [0.3, 0.4) is 0 Å². The summed E-state index contributed by atoms with van der Waals surface area (Å²) in [5.74, 6) is 0.944. The van der Waals surface area contributed by atoms with Gasteiger partial charge in [-0.3, -0.25) is 4.68 Å². The lowest BCUT2D eigenvalue weighted by Crippen LogP contribution is -2.02. The number of halogens is 1. The van der Waals surface area contributed by atoms with Crippen molar-refractivity contribution >= 4 is 27.0 Å². The highest BCUT2D eigenvalue weighted by molar-refractivity contribution is 9.10. The van der Waals surface area contributed by atoms with Gasteiger partial charge in [0.2, 0.25) is 5.82 Å². The molecule has 6 nitrogen and oxygen atoms in total. The van der Waals surface area contributed by atoms with E-state index in [-0.39, 0.29) is 5.82 Å². The number of rotatable bonds is 3. The van der Waals surface area contributed by atoms with Crippen molar-refractivity contribution in [3.63, 3.8) is 0 Å². The average Bonchev–Trinajstić information content (AvgIpc) is 2.83. The zero-order valence-electron chi connectivity index (χ0n) is 11.1. The van der Waals surface area contributed by atoms with Gasteiger partial charge in [-0.05, 0) is 33.6 Å². The van der Waals surface area contributed by atoms with Crippen molar-refractivity contribution in [1.29, 1.82) is 5.26 Å². The van der Waals surface area contributed by atoms with Crippen molar-refractivity contribution in [1.82, 2.24) is 19.7 Å². The van der Waals surface area contributed by atoms with E-state index in [0.29, 0.717) is 16.7 Å². The summed E-state index contributed by atoms with van der Waals surface area (Å²) in [5, 5.41) is 13.2. The standard InChI is InChI=1S/C14H10BrN5O/c1-21-10-4-2-9(3-5-10)8-20-11-7-17-12(6-16)18-13(11)14(15)19-20/h2-5,7H,8H2,1H3. The second-order valence-corrected chi connectivity index (χ2v) is 5.09. The lowest BCUT2D eigenvalue weighted by Gasteiger charge is -2.05. The molecular weight excluding hydrogens is 334 g/mol. The molecule has 0 saturated heterocycles. The molecule has 0 unspecified atom stereocenters. The third-order valence-electron chi connectivity index (χ3n) is 3.04. The highest BCUT2D eigenvalue weighted by Gasteiger charge is 2.12. The molecule has 104 valence electrons. The molecule has 0 atom stereocenters. The third-order valence-corrected chi connectivity index (χ3v) is 3.58. The first-order valence-corrected chi connectivity index (χ1v) is 6.92. The maximum absolute atomic E-state index is 8.85. The highest BCUT2D eigenvalue weighted by Crippen LogP contribution is 2.22. The van der Waals surface area contributed by atoms with Crippen LogP contribution in [0, 0.1) is 11.3 Å². The molecular formula is C14H10BrN5O. The Morgan fingerprint density at radius 2 is 2.10 bits per heavy atom. The van der Waals surface area contributed by atoms with Gasteiger partial charge in [0.15, 0.2) is 4.60 Å². The summed E-state index contributed by atoms with van der Waals surface area (Å²) in [6.07, 6.45) is 1.61. The van der Waals surface area contributed by atoms with Crippen LogP contribution in [-0.4, -0.2) is 26.9 Å². The van der Waals surface area contributed by atoms with E-state index in [1.54, 1.807) is 18.0 Å². The van der Waals surface area contributed by atoms with E-state index in [4.69, 9.17) is 10.00 Å². The smallest absolute Gasteiger partial charge is 0.232 e. The van der Waals surface area contributed by atoms with E-state index in [0.717, 1.165) is 16.8 Å². The first kappa shape index (κ1) is 13.5. The molecule has 0 aliphatic carbocycles. The van der Waals surface area contributed by atoms with Crippen molar-refractivity contribution in [3.8, 4) is 11.8 Å². The molecule has 0 amide bonds. The number of benzene rings is 1. The third kappa shape index (κ3) is 2.58. The van der Waals surface area contributed by atoms with Crippen LogP contribution in [0.15, 0.2) is 35.1 Å². The van der Waals surface area contributed by atoms with Gasteiger partial charge in [-0.1, -0.05) is 12.1 Å². The van der Waals surface area contributed by atoms with Crippen LogP contribution in [0.5, 0.6) is 5.75 Å². The Morgan fingerprint density at radius 3 is 2.76 bits per heavy atom. The Labute approximate surface area is 129 Å². The van der Waals surface area contributed by atoms with E-state index in [2.05, 4.69) is 31.0 Å². The zero-order valence-corrected chi connectivity index (χ0v) is 12.7. The Hall–Kier alpha value is -2.46. The normalized spacial score (nSPS) is 10.5. The fourth-order valence-electron chi connectivity index (χ4n) is 2.00. The van der Waals surface area contributed by atoms with Crippen molar-refractivity contribution in [2.75, 3.05) is 7.11 Å². The topological polar surface area (TPSA) is 76.6 Å². The van der Waals surface area contributed by atoms with Crippen LogP contribution in [0.25, 0.3) is 11.0 Å². The maximum Gasteiger partial charge on any atom is 0.232 e. The molecule has 1 aromatic carbocycles. The molecule has 0 N–H and O–H groups in total. The number of hydrogen-bond acceptors (Lipinski definition) is 5. The minimum absolute atomic E-state index is 0.132. The Bertz CT molecular complexity index is 835. The van der Waals surface area contributed by atoms with E-state index >= 15 is 0 Å². The molecule has 21 heavy (non-hydrogen) atoms. The Balaban J connectivity index is 1.98. The largest absolute Gasteiger partial charge is 0.497 e. The van der Waals surface area contributed by atoms with Gasteiger partial charge in [-0.15, -0.1) is 0 Å².